The first-order valence-corrected chi connectivity index (χ1v) is 6.20. The Hall–Kier alpha value is -1.98. The second-order valence-electron chi connectivity index (χ2n) is 4.60. The topological polar surface area (TPSA) is 67.1 Å². The van der Waals surface area contributed by atoms with Gasteiger partial charge < -0.3 is 5.43 Å². The van der Waals surface area contributed by atoms with Gasteiger partial charge in [0.25, 0.3) is 0 Å². The molecule has 5 nitrogen and oxygen atoms in total. The fourth-order valence-corrected chi connectivity index (χ4v) is 2.01. The molecule has 0 spiro atoms. The molecule has 0 aromatic carbocycles. The minimum atomic E-state index is 0.714. The number of hydrazine groups is 1. The number of nitrogens with two attached hydrogens (primary N) is 1. The molecule has 0 aliphatic rings. The van der Waals surface area contributed by atoms with Crippen molar-refractivity contribution in [1.82, 2.24) is 14.9 Å². The first kappa shape index (κ1) is 13.5. The number of rotatable bonds is 5. The highest BCUT2D eigenvalue weighted by molar-refractivity contribution is 5.42. The fourth-order valence-electron chi connectivity index (χ4n) is 2.01. The quantitative estimate of drug-likeness (QED) is 0.630. The van der Waals surface area contributed by atoms with Crippen LogP contribution < -0.4 is 11.3 Å². The zero-order valence-electron chi connectivity index (χ0n) is 11.3. The highest BCUT2D eigenvalue weighted by Gasteiger charge is 2.07. The van der Waals surface area contributed by atoms with Crippen LogP contribution in [0.2, 0.25) is 0 Å². The summed E-state index contributed by atoms with van der Waals surface area (Å²) >= 11 is 0. The van der Waals surface area contributed by atoms with Gasteiger partial charge >= 0.3 is 0 Å². The molecule has 2 rings (SSSR count). The van der Waals surface area contributed by atoms with Gasteiger partial charge in [0, 0.05) is 30.5 Å². The Morgan fingerprint density at radius 2 is 2.05 bits per heavy atom. The number of hydrogen-bond acceptors (Lipinski definition) is 5. The van der Waals surface area contributed by atoms with E-state index in [0.717, 1.165) is 30.0 Å². The van der Waals surface area contributed by atoms with E-state index in [-0.39, 0.29) is 0 Å². The predicted octanol–water partition coefficient (Wildman–Crippen LogP) is 1.70. The van der Waals surface area contributed by atoms with E-state index < -0.39 is 0 Å². The van der Waals surface area contributed by atoms with E-state index in [2.05, 4.69) is 27.3 Å². The Labute approximate surface area is 113 Å². The summed E-state index contributed by atoms with van der Waals surface area (Å²) in [6, 6.07) is 10.00. The third-order valence-electron chi connectivity index (χ3n) is 2.85. The van der Waals surface area contributed by atoms with Crippen molar-refractivity contribution in [1.29, 1.82) is 0 Å². The number of pyridine rings is 2. The molecule has 0 atom stereocenters. The molecule has 0 radical (unpaired) electrons. The maximum absolute atomic E-state index is 5.46. The van der Waals surface area contributed by atoms with Gasteiger partial charge in [-0.25, -0.2) is 10.8 Å². The summed E-state index contributed by atoms with van der Waals surface area (Å²) in [4.78, 5) is 10.9. The molecular weight excluding hydrogens is 238 g/mol. The fraction of sp³-hybridized carbons (Fsp3) is 0.286. The van der Waals surface area contributed by atoms with Crippen molar-refractivity contribution in [2.24, 2.45) is 5.84 Å². The summed E-state index contributed by atoms with van der Waals surface area (Å²) < 4.78 is 0. The van der Waals surface area contributed by atoms with Crippen molar-refractivity contribution >= 4 is 5.82 Å². The van der Waals surface area contributed by atoms with E-state index in [4.69, 9.17) is 5.84 Å². The molecule has 5 heteroatoms. The second-order valence-corrected chi connectivity index (χ2v) is 4.60. The lowest BCUT2D eigenvalue weighted by Gasteiger charge is -2.17. The SMILES string of the molecule is Cc1cccc(CN(C)Cc2cccnc2NN)n1. The number of anilines is 1. The van der Waals surface area contributed by atoms with Crippen LogP contribution in [-0.2, 0) is 13.1 Å². The normalized spacial score (nSPS) is 10.7. The third-order valence-corrected chi connectivity index (χ3v) is 2.85. The van der Waals surface area contributed by atoms with Crippen molar-refractivity contribution in [3.05, 3.63) is 53.5 Å². The summed E-state index contributed by atoms with van der Waals surface area (Å²) in [5.41, 5.74) is 5.79. The van der Waals surface area contributed by atoms with Crippen molar-refractivity contribution in [3.8, 4) is 0 Å². The highest BCUT2D eigenvalue weighted by atomic mass is 15.3. The summed E-state index contributed by atoms with van der Waals surface area (Å²) in [6.45, 7) is 3.56. The average Bonchev–Trinajstić information content (AvgIpc) is 2.39. The first-order valence-electron chi connectivity index (χ1n) is 6.20. The minimum absolute atomic E-state index is 0.714. The molecule has 2 heterocycles. The van der Waals surface area contributed by atoms with Crippen molar-refractivity contribution in [2.75, 3.05) is 12.5 Å². The summed E-state index contributed by atoms with van der Waals surface area (Å²) in [5, 5.41) is 0. The van der Waals surface area contributed by atoms with Crippen molar-refractivity contribution < 1.29 is 0 Å². The molecule has 0 saturated carbocycles. The molecule has 0 unspecified atom stereocenters. The zero-order valence-corrected chi connectivity index (χ0v) is 11.3. The second kappa shape index (κ2) is 6.26. The van der Waals surface area contributed by atoms with E-state index in [1.165, 1.54) is 0 Å². The molecule has 0 amide bonds. The standard InChI is InChI=1S/C14H19N5/c1-11-5-3-7-13(17-11)10-19(2)9-12-6-4-8-16-14(12)18-15/h3-8H,9-10,15H2,1-2H3,(H,16,18). The van der Waals surface area contributed by atoms with Crippen LogP contribution in [0.25, 0.3) is 0 Å². The molecule has 0 aliphatic heterocycles. The Kier molecular flexibility index (Phi) is 4.43. The molecule has 19 heavy (non-hydrogen) atoms. The number of hydrogen-bond donors (Lipinski definition) is 2. The summed E-state index contributed by atoms with van der Waals surface area (Å²) in [7, 11) is 2.05. The van der Waals surface area contributed by atoms with Gasteiger partial charge in [-0.05, 0) is 32.2 Å². The molecule has 3 N–H and O–H groups in total. The van der Waals surface area contributed by atoms with Gasteiger partial charge in [0.1, 0.15) is 5.82 Å². The molecule has 0 bridgehead atoms. The smallest absolute Gasteiger partial charge is 0.144 e. The van der Waals surface area contributed by atoms with Gasteiger partial charge in [-0.2, -0.15) is 0 Å². The molecular formula is C14H19N5. The number of nitrogens with zero attached hydrogens (tertiary/aromatic N) is 3. The highest BCUT2D eigenvalue weighted by Crippen LogP contribution is 2.13. The largest absolute Gasteiger partial charge is 0.308 e. The number of aryl methyl sites for hydroxylation is 1. The van der Waals surface area contributed by atoms with Crippen LogP contribution in [0.4, 0.5) is 5.82 Å². The van der Waals surface area contributed by atoms with Crippen LogP contribution in [0.5, 0.6) is 0 Å². The van der Waals surface area contributed by atoms with E-state index in [1.807, 2.05) is 37.3 Å². The van der Waals surface area contributed by atoms with Gasteiger partial charge in [-0.15, -0.1) is 0 Å². The zero-order chi connectivity index (χ0) is 13.7. The molecule has 100 valence electrons. The van der Waals surface area contributed by atoms with Gasteiger partial charge in [0.05, 0.1) is 5.69 Å². The lowest BCUT2D eigenvalue weighted by Crippen LogP contribution is -2.20. The van der Waals surface area contributed by atoms with Crippen LogP contribution >= 0.6 is 0 Å². The van der Waals surface area contributed by atoms with E-state index in [1.54, 1.807) is 6.20 Å². The number of aromatic nitrogens is 2. The van der Waals surface area contributed by atoms with Crippen LogP contribution in [0, 0.1) is 6.92 Å². The molecule has 2 aromatic rings. The predicted molar refractivity (Wildman–Crippen MR) is 76.2 cm³/mol. The van der Waals surface area contributed by atoms with Crippen LogP contribution in [0.3, 0.4) is 0 Å². The van der Waals surface area contributed by atoms with Crippen molar-refractivity contribution in [2.45, 2.75) is 20.0 Å². The summed E-state index contributed by atoms with van der Waals surface area (Å²) in [5.74, 6) is 6.17. The Balaban J connectivity index is 2.03. The van der Waals surface area contributed by atoms with Crippen LogP contribution in [0.1, 0.15) is 17.0 Å². The Bertz CT molecular complexity index is 541. The maximum Gasteiger partial charge on any atom is 0.144 e. The lowest BCUT2D eigenvalue weighted by molar-refractivity contribution is 0.315. The van der Waals surface area contributed by atoms with Gasteiger partial charge in [0.2, 0.25) is 0 Å². The average molecular weight is 257 g/mol. The third kappa shape index (κ3) is 3.74. The van der Waals surface area contributed by atoms with Gasteiger partial charge in [0.15, 0.2) is 0 Å². The Morgan fingerprint density at radius 3 is 2.79 bits per heavy atom. The molecule has 2 aromatic heterocycles. The number of nitrogen functional groups attached to an aromatic ring is 1. The monoisotopic (exact) mass is 257 g/mol. The number of nitrogens with one attached hydrogen (secondary N) is 1. The first-order chi connectivity index (χ1) is 9.19. The molecule has 0 fully saturated rings. The Morgan fingerprint density at radius 1 is 1.21 bits per heavy atom. The van der Waals surface area contributed by atoms with Crippen molar-refractivity contribution in [3.63, 3.8) is 0 Å². The van der Waals surface area contributed by atoms with Crippen LogP contribution in [-0.4, -0.2) is 21.9 Å². The maximum atomic E-state index is 5.46. The van der Waals surface area contributed by atoms with Gasteiger partial charge in [-0.1, -0.05) is 12.1 Å². The van der Waals surface area contributed by atoms with E-state index in [0.29, 0.717) is 5.82 Å². The summed E-state index contributed by atoms with van der Waals surface area (Å²) in [6.07, 6.45) is 1.72. The molecule has 0 aliphatic carbocycles. The lowest BCUT2D eigenvalue weighted by atomic mass is 10.2. The van der Waals surface area contributed by atoms with Crippen LogP contribution in [0.15, 0.2) is 36.5 Å². The van der Waals surface area contributed by atoms with E-state index in [9.17, 15) is 0 Å². The minimum Gasteiger partial charge on any atom is -0.308 e. The molecule has 0 saturated heterocycles. The van der Waals surface area contributed by atoms with Gasteiger partial charge in [-0.3, -0.25) is 9.88 Å². The van der Waals surface area contributed by atoms with E-state index >= 15 is 0 Å².